The first-order valence-electron chi connectivity index (χ1n) is 11.1. The predicted molar refractivity (Wildman–Crippen MR) is 120 cm³/mol. The minimum atomic E-state index is -2.93. The average Bonchev–Trinajstić information content (AvgIpc) is 2.75. The largest absolute Gasteiger partial charge is 0.385 e. The highest BCUT2D eigenvalue weighted by Gasteiger charge is 2.36. The zero-order valence-corrected chi connectivity index (χ0v) is 18.8. The van der Waals surface area contributed by atoms with Gasteiger partial charge >= 0.3 is 0 Å². The molecule has 6 nitrogen and oxygen atoms in total. The van der Waals surface area contributed by atoms with Crippen molar-refractivity contribution in [2.45, 2.75) is 64.5 Å². The number of rotatable bonds is 5. The van der Waals surface area contributed by atoms with E-state index in [1.165, 1.54) is 12.1 Å². The van der Waals surface area contributed by atoms with Crippen molar-refractivity contribution in [1.82, 2.24) is 15.0 Å². The van der Waals surface area contributed by atoms with Crippen LogP contribution in [-0.4, -0.2) is 20.1 Å². The zero-order chi connectivity index (χ0) is 23.9. The highest BCUT2D eigenvalue weighted by molar-refractivity contribution is 5.87. The quantitative estimate of drug-likeness (QED) is 0.482. The Morgan fingerprint density at radius 2 is 1.88 bits per heavy atom. The Hall–Kier alpha value is -2.94. The van der Waals surface area contributed by atoms with Crippen molar-refractivity contribution in [3.8, 4) is 0 Å². The van der Waals surface area contributed by atoms with Gasteiger partial charge in [-0.3, -0.25) is 4.79 Å². The van der Waals surface area contributed by atoms with E-state index in [1.54, 1.807) is 19.9 Å². The lowest BCUT2D eigenvalue weighted by molar-refractivity contribution is -0.0130. The Morgan fingerprint density at radius 1 is 1.21 bits per heavy atom. The summed E-state index contributed by atoms with van der Waals surface area (Å²) in [6, 6.07) is 4.77. The van der Waals surface area contributed by atoms with Crippen LogP contribution in [0.15, 0.2) is 29.1 Å². The van der Waals surface area contributed by atoms with Gasteiger partial charge in [0.15, 0.2) is 0 Å². The molecule has 2 heterocycles. The van der Waals surface area contributed by atoms with E-state index in [0.717, 1.165) is 18.9 Å². The van der Waals surface area contributed by atoms with Gasteiger partial charge in [0.25, 0.3) is 12.0 Å². The summed E-state index contributed by atoms with van der Waals surface area (Å²) in [5, 5.41) is 14.8. The van der Waals surface area contributed by atoms with Gasteiger partial charge in [0.1, 0.15) is 23.1 Å². The highest BCUT2D eigenvalue weighted by atomic mass is 19.3. The molecule has 1 aromatic carbocycles. The molecule has 0 amide bonds. The number of hydrogen-bond donors (Lipinski definition) is 3. The van der Waals surface area contributed by atoms with Crippen LogP contribution in [0, 0.1) is 18.7 Å². The maximum absolute atomic E-state index is 14.7. The molecule has 1 aliphatic rings. The Bertz CT molecular complexity index is 1240. The van der Waals surface area contributed by atoms with Gasteiger partial charge in [-0.05, 0) is 51.5 Å². The van der Waals surface area contributed by atoms with Gasteiger partial charge in [-0.25, -0.2) is 23.1 Å². The number of aromatic amines is 1. The normalized spacial score (nSPS) is 22.0. The molecule has 33 heavy (non-hydrogen) atoms. The molecule has 4 rings (SSSR count). The van der Waals surface area contributed by atoms with E-state index in [1.807, 2.05) is 0 Å². The van der Waals surface area contributed by atoms with Crippen LogP contribution in [0.3, 0.4) is 0 Å². The molecule has 1 aliphatic carbocycles. The molecule has 1 atom stereocenters. The minimum absolute atomic E-state index is 0.0711. The maximum atomic E-state index is 14.7. The van der Waals surface area contributed by atoms with Crippen LogP contribution in [0.5, 0.6) is 0 Å². The first-order chi connectivity index (χ1) is 15.6. The van der Waals surface area contributed by atoms with E-state index < -0.39 is 35.0 Å². The Kier molecular flexibility index (Phi) is 6.18. The molecule has 1 fully saturated rings. The number of hydrogen-bond acceptors (Lipinski definition) is 5. The molecular weight excluding hydrogens is 433 g/mol. The maximum Gasteiger partial charge on any atom is 0.266 e. The molecular formula is C24H27F3N4O2. The third kappa shape index (κ3) is 4.46. The van der Waals surface area contributed by atoms with Gasteiger partial charge in [0.2, 0.25) is 0 Å². The summed E-state index contributed by atoms with van der Waals surface area (Å²) in [5.74, 6) is 0.194. The van der Waals surface area contributed by atoms with Crippen molar-refractivity contribution in [1.29, 1.82) is 0 Å². The number of fused-ring (bicyclic) bond motifs is 1. The second-order valence-electron chi connectivity index (χ2n) is 9.03. The fourth-order valence-electron chi connectivity index (χ4n) is 4.52. The summed E-state index contributed by atoms with van der Waals surface area (Å²) in [6.07, 6.45) is -0.369. The fourth-order valence-corrected chi connectivity index (χ4v) is 4.52. The smallest absolute Gasteiger partial charge is 0.266 e. The van der Waals surface area contributed by atoms with Crippen molar-refractivity contribution in [2.75, 3.05) is 5.32 Å². The van der Waals surface area contributed by atoms with Crippen LogP contribution in [0.2, 0.25) is 0 Å². The summed E-state index contributed by atoms with van der Waals surface area (Å²) < 4.78 is 41.0. The highest BCUT2D eigenvalue weighted by Crippen LogP contribution is 2.39. The van der Waals surface area contributed by atoms with Crippen LogP contribution in [0.25, 0.3) is 11.0 Å². The van der Waals surface area contributed by atoms with Crippen LogP contribution in [0.1, 0.15) is 74.5 Å². The molecule has 2 aromatic heterocycles. The van der Waals surface area contributed by atoms with E-state index in [2.05, 4.69) is 27.2 Å². The van der Waals surface area contributed by atoms with E-state index in [-0.39, 0.29) is 16.8 Å². The number of nitrogens with zero attached hydrogens (tertiary/aromatic N) is 2. The summed E-state index contributed by atoms with van der Waals surface area (Å²) in [7, 11) is 0. The van der Waals surface area contributed by atoms with Crippen molar-refractivity contribution in [3.63, 3.8) is 0 Å². The number of halogens is 3. The van der Waals surface area contributed by atoms with Gasteiger partial charge < -0.3 is 15.4 Å². The second-order valence-corrected chi connectivity index (χ2v) is 9.03. The number of aryl methyl sites for hydroxylation is 1. The molecule has 0 spiro atoms. The lowest BCUT2D eigenvalue weighted by Crippen LogP contribution is -2.36. The Morgan fingerprint density at radius 3 is 2.55 bits per heavy atom. The van der Waals surface area contributed by atoms with Crippen LogP contribution in [0.4, 0.5) is 19.0 Å². The molecule has 0 aliphatic heterocycles. The van der Waals surface area contributed by atoms with Crippen molar-refractivity contribution >= 4 is 16.9 Å². The fraction of sp³-hybridized carbons (Fsp3) is 0.458. The van der Waals surface area contributed by atoms with Crippen LogP contribution < -0.4 is 10.9 Å². The molecule has 0 radical (unpaired) electrons. The molecule has 0 unspecified atom stereocenters. The van der Waals surface area contributed by atoms with Gasteiger partial charge in [-0.1, -0.05) is 25.1 Å². The molecule has 9 heteroatoms. The second kappa shape index (κ2) is 8.78. The molecule has 3 aromatic rings. The van der Waals surface area contributed by atoms with Crippen molar-refractivity contribution in [2.24, 2.45) is 5.92 Å². The predicted octanol–water partition coefficient (Wildman–Crippen LogP) is 5.27. The number of H-pyrrole nitrogens is 1. The van der Waals surface area contributed by atoms with Crippen LogP contribution >= 0.6 is 0 Å². The Labute approximate surface area is 189 Å². The topological polar surface area (TPSA) is 90.9 Å². The zero-order valence-electron chi connectivity index (χ0n) is 18.8. The number of benzene rings is 1. The van der Waals surface area contributed by atoms with Gasteiger partial charge in [0.05, 0.1) is 22.6 Å². The number of nitrogens with one attached hydrogen (secondary N) is 2. The van der Waals surface area contributed by atoms with E-state index in [4.69, 9.17) is 0 Å². The monoisotopic (exact) mass is 460 g/mol. The summed E-state index contributed by atoms with van der Waals surface area (Å²) in [5.41, 5.74) is -1.73. The van der Waals surface area contributed by atoms with Gasteiger partial charge in [-0.15, -0.1) is 0 Å². The number of anilines is 1. The summed E-state index contributed by atoms with van der Waals surface area (Å²) in [4.78, 5) is 24.3. The number of aliphatic hydroxyl groups is 1. The summed E-state index contributed by atoms with van der Waals surface area (Å²) in [6.45, 7) is 5.40. The number of aromatic nitrogens is 3. The molecule has 1 saturated carbocycles. The third-order valence-electron chi connectivity index (χ3n) is 6.54. The molecule has 3 N–H and O–H groups in total. The van der Waals surface area contributed by atoms with Crippen molar-refractivity contribution in [3.05, 3.63) is 63.0 Å². The average molecular weight is 461 g/mol. The first kappa shape index (κ1) is 23.2. The molecule has 0 bridgehead atoms. The lowest BCUT2D eigenvalue weighted by Gasteiger charge is -2.34. The summed E-state index contributed by atoms with van der Waals surface area (Å²) >= 11 is 0. The SMILES string of the molecule is Cc1nc(N[C@H](C)c2cccc(C(F)F)c2F)c2cc(C3(O)CCC(C)CC3)c(=O)[nH]c2n1. The van der Waals surface area contributed by atoms with Crippen LogP contribution in [-0.2, 0) is 5.60 Å². The standard InChI is InChI=1S/C24H27F3N4O2/c1-12-7-9-24(33,10-8-12)18-11-17-21(29-14(3)30-22(17)31-23(18)32)28-13(2)15-5-4-6-16(19(15)25)20(26)27/h4-6,11-13,20,33H,7-10H2,1-3H3,(H2,28,29,30,31,32)/t12?,13-,24?/m1/s1. The van der Waals surface area contributed by atoms with E-state index in [9.17, 15) is 23.1 Å². The number of pyridine rings is 1. The first-order valence-corrected chi connectivity index (χ1v) is 11.1. The van der Waals surface area contributed by atoms with Crippen molar-refractivity contribution < 1.29 is 18.3 Å². The number of alkyl halides is 2. The van der Waals surface area contributed by atoms with E-state index >= 15 is 0 Å². The van der Waals surface area contributed by atoms with Gasteiger partial charge in [-0.2, -0.15) is 0 Å². The molecule has 0 saturated heterocycles. The van der Waals surface area contributed by atoms with E-state index in [0.29, 0.717) is 35.8 Å². The molecule has 176 valence electrons. The lowest BCUT2D eigenvalue weighted by atomic mass is 9.76. The third-order valence-corrected chi connectivity index (χ3v) is 6.54. The Balaban J connectivity index is 1.77. The minimum Gasteiger partial charge on any atom is -0.385 e. The van der Waals surface area contributed by atoms with Gasteiger partial charge in [0, 0.05) is 11.1 Å².